The standard InChI is InChI=1S/C18H21F2N3O/c19-17(20)12-23-11-14(9-21-23)10-22-8-7-18(13-22)6-5-15-3-1-2-4-16(15)24-18/h1-4,9,11,17H,5-8,10,12-13H2. The van der Waals surface area contributed by atoms with Crippen LogP contribution in [0.3, 0.4) is 0 Å². The second kappa shape index (κ2) is 6.16. The number of aryl methyl sites for hydroxylation is 1. The van der Waals surface area contributed by atoms with Crippen molar-refractivity contribution < 1.29 is 13.5 Å². The van der Waals surface area contributed by atoms with Gasteiger partial charge in [-0.15, -0.1) is 0 Å². The molecule has 0 radical (unpaired) electrons. The van der Waals surface area contributed by atoms with E-state index in [1.807, 2.05) is 12.1 Å². The summed E-state index contributed by atoms with van der Waals surface area (Å²) in [6, 6.07) is 8.25. The molecular formula is C18H21F2N3O. The second-order valence-electron chi connectivity index (χ2n) is 6.82. The fraction of sp³-hybridized carbons (Fsp3) is 0.500. The fourth-order valence-corrected chi connectivity index (χ4v) is 3.79. The van der Waals surface area contributed by atoms with E-state index in [4.69, 9.17) is 4.74 Å². The fourth-order valence-electron chi connectivity index (χ4n) is 3.79. The molecule has 1 saturated heterocycles. The van der Waals surface area contributed by atoms with Gasteiger partial charge in [0.05, 0.1) is 6.20 Å². The molecule has 128 valence electrons. The summed E-state index contributed by atoms with van der Waals surface area (Å²) >= 11 is 0. The number of rotatable bonds is 4. The van der Waals surface area contributed by atoms with Crippen LogP contribution in [0.2, 0.25) is 0 Å². The van der Waals surface area contributed by atoms with Gasteiger partial charge in [0.15, 0.2) is 0 Å². The summed E-state index contributed by atoms with van der Waals surface area (Å²) in [5.74, 6) is 1.01. The van der Waals surface area contributed by atoms with E-state index in [1.165, 1.54) is 10.2 Å². The Morgan fingerprint density at radius 2 is 2.12 bits per heavy atom. The van der Waals surface area contributed by atoms with E-state index < -0.39 is 6.43 Å². The van der Waals surface area contributed by atoms with Crippen LogP contribution >= 0.6 is 0 Å². The van der Waals surface area contributed by atoms with Crippen molar-refractivity contribution in [2.45, 2.75) is 44.4 Å². The predicted molar refractivity (Wildman–Crippen MR) is 86.2 cm³/mol. The highest BCUT2D eigenvalue weighted by Crippen LogP contribution is 2.38. The number of fused-ring (bicyclic) bond motifs is 1. The number of benzene rings is 1. The van der Waals surface area contributed by atoms with Crippen molar-refractivity contribution in [2.24, 2.45) is 0 Å². The zero-order chi connectivity index (χ0) is 16.6. The number of aromatic nitrogens is 2. The van der Waals surface area contributed by atoms with Crippen molar-refractivity contribution in [2.75, 3.05) is 13.1 Å². The van der Waals surface area contributed by atoms with Crippen molar-refractivity contribution in [3.63, 3.8) is 0 Å². The normalized spacial score (nSPS) is 23.6. The van der Waals surface area contributed by atoms with Crippen molar-refractivity contribution >= 4 is 0 Å². The summed E-state index contributed by atoms with van der Waals surface area (Å²) in [4.78, 5) is 2.33. The number of alkyl halides is 2. The van der Waals surface area contributed by atoms with Crippen LogP contribution in [0.5, 0.6) is 5.75 Å². The first-order chi connectivity index (χ1) is 11.6. The van der Waals surface area contributed by atoms with Crippen LogP contribution in [0, 0.1) is 0 Å². The molecule has 1 spiro atoms. The molecule has 0 saturated carbocycles. The van der Waals surface area contributed by atoms with E-state index in [0.717, 1.165) is 50.2 Å². The smallest absolute Gasteiger partial charge is 0.257 e. The SMILES string of the molecule is FC(F)Cn1cc(CN2CCC3(CCc4ccccc4O3)C2)cn1. The van der Waals surface area contributed by atoms with E-state index in [2.05, 4.69) is 22.1 Å². The van der Waals surface area contributed by atoms with Crippen LogP contribution in [-0.2, 0) is 19.5 Å². The van der Waals surface area contributed by atoms with Crippen LogP contribution in [0.1, 0.15) is 24.0 Å². The van der Waals surface area contributed by atoms with Gasteiger partial charge in [-0.2, -0.15) is 5.10 Å². The average molecular weight is 333 g/mol. The number of halogens is 2. The summed E-state index contributed by atoms with van der Waals surface area (Å²) in [5, 5.41) is 4.01. The zero-order valence-electron chi connectivity index (χ0n) is 13.5. The Bertz CT molecular complexity index is 718. The number of ether oxygens (including phenoxy) is 1. The van der Waals surface area contributed by atoms with Gasteiger partial charge in [0.2, 0.25) is 0 Å². The maximum Gasteiger partial charge on any atom is 0.257 e. The zero-order valence-corrected chi connectivity index (χ0v) is 13.5. The van der Waals surface area contributed by atoms with Crippen LogP contribution in [0.4, 0.5) is 8.78 Å². The molecule has 0 amide bonds. The molecule has 1 fully saturated rings. The molecule has 4 rings (SSSR count). The largest absolute Gasteiger partial charge is 0.486 e. The van der Waals surface area contributed by atoms with Crippen LogP contribution in [0.25, 0.3) is 0 Å². The molecule has 1 unspecified atom stereocenters. The molecule has 1 aromatic carbocycles. The van der Waals surface area contributed by atoms with Gasteiger partial charge in [-0.05, 0) is 24.5 Å². The molecule has 24 heavy (non-hydrogen) atoms. The van der Waals surface area contributed by atoms with Gasteiger partial charge in [-0.1, -0.05) is 18.2 Å². The minimum absolute atomic E-state index is 0.104. The number of likely N-dealkylation sites (tertiary alicyclic amines) is 1. The van der Waals surface area contributed by atoms with Gasteiger partial charge in [0, 0.05) is 37.8 Å². The summed E-state index contributed by atoms with van der Waals surface area (Å²) < 4.78 is 32.5. The van der Waals surface area contributed by atoms with Crippen molar-refractivity contribution in [3.05, 3.63) is 47.8 Å². The third-order valence-electron chi connectivity index (χ3n) is 4.96. The van der Waals surface area contributed by atoms with Gasteiger partial charge in [0.1, 0.15) is 17.9 Å². The molecule has 1 aromatic heterocycles. The topological polar surface area (TPSA) is 30.3 Å². The predicted octanol–water partition coefficient (Wildman–Crippen LogP) is 3.12. The lowest BCUT2D eigenvalue weighted by Crippen LogP contribution is -2.42. The summed E-state index contributed by atoms with van der Waals surface area (Å²) in [5.41, 5.74) is 2.16. The highest BCUT2D eigenvalue weighted by atomic mass is 19.3. The first kappa shape index (κ1) is 15.6. The monoisotopic (exact) mass is 333 g/mol. The molecule has 0 N–H and O–H groups in total. The number of para-hydroxylation sites is 1. The Labute approximate surface area is 140 Å². The molecule has 2 aliphatic heterocycles. The summed E-state index contributed by atoms with van der Waals surface area (Å²) in [6.07, 6.45) is 4.12. The van der Waals surface area contributed by atoms with Gasteiger partial charge in [0.25, 0.3) is 6.43 Å². The van der Waals surface area contributed by atoms with Gasteiger partial charge in [-0.3, -0.25) is 9.58 Å². The van der Waals surface area contributed by atoms with E-state index in [1.54, 1.807) is 12.4 Å². The average Bonchev–Trinajstić information content (AvgIpc) is 3.14. The Kier molecular flexibility index (Phi) is 4.00. The Balaban J connectivity index is 1.39. The van der Waals surface area contributed by atoms with Gasteiger partial charge in [-0.25, -0.2) is 8.78 Å². The lowest BCUT2D eigenvalue weighted by Gasteiger charge is -2.35. The molecule has 6 heteroatoms. The number of hydrogen-bond donors (Lipinski definition) is 0. The third-order valence-corrected chi connectivity index (χ3v) is 4.96. The van der Waals surface area contributed by atoms with Crippen molar-refractivity contribution in [1.82, 2.24) is 14.7 Å². The van der Waals surface area contributed by atoms with Crippen LogP contribution < -0.4 is 4.74 Å². The van der Waals surface area contributed by atoms with Gasteiger partial charge >= 0.3 is 0 Å². The van der Waals surface area contributed by atoms with Crippen LogP contribution in [0.15, 0.2) is 36.7 Å². The highest BCUT2D eigenvalue weighted by molar-refractivity contribution is 5.36. The molecule has 4 nitrogen and oxygen atoms in total. The molecule has 2 aliphatic rings. The Hall–Kier alpha value is -1.95. The maximum atomic E-state index is 12.4. The highest BCUT2D eigenvalue weighted by Gasteiger charge is 2.42. The third kappa shape index (κ3) is 3.15. The lowest BCUT2D eigenvalue weighted by molar-refractivity contribution is 0.0537. The minimum atomic E-state index is -2.37. The maximum absolute atomic E-state index is 12.4. The van der Waals surface area contributed by atoms with E-state index >= 15 is 0 Å². The Morgan fingerprint density at radius 1 is 1.25 bits per heavy atom. The number of hydrogen-bond acceptors (Lipinski definition) is 3. The second-order valence-corrected chi connectivity index (χ2v) is 6.82. The molecular weight excluding hydrogens is 312 g/mol. The quantitative estimate of drug-likeness (QED) is 0.861. The number of nitrogens with zero attached hydrogens (tertiary/aromatic N) is 3. The molecule has 2 aromatic rings. The molecule has 3 heterocycles. The molecule has 0 aliphatic carbocycles. The summed E-state index contributed by atoms with van der Waals surface area (Å²) in [7, 11) is 0. The van der Waals surface area contributed by atoms with E-state index in [9.17, 15) is 8.78 Å². The van der Waals surface area contributed by atoms with E-state index in [0.29, 0.717) is 0 Å². The molecule has 1 atom stereocenters. The van der Waals surface area contributed by atoms with Gasteiger partial charge < -0.3 is 4.74 Å². The van der Waals surface area contributed by atoms with Crippen molar-refractivity contribution in [3.8, 4) is 5.75 Å². The van der Waals surface area contributed by atoms with E-state index in [-0.39, 0.29) is 12.1 Å². The summed E-state index contributed by atoms with van der Waals surface area (Å²) in [6.45, 7) is 2.23. The molecule has 0 bridgehead atoms. The first-order valence-electron chi connectivity index (χ1n) is 8.41. The first-order valence-corrected chi connectivity index (χ1v) is 8.41. The lowest BCUT2D eigenvalue weighted by atomic mass is 9.90. The minimum Gasteiger partial charge on any atom is -0.486 e. The van der Waals surface area contributed by atoms with Crippen LogP contribution in [-0.4, -0.2) is 39.8 Å². The Morgan fingerprint density at radius 3 is 3.00 bits per heavy atom. The van der Waals surface area contributed by atoms with Crippen molar-refractivity contribution in [1.29, 1.82) is 0 Å².